The molecule has 1 amide bonds. The standard InChI is InChI=1S/C14H13N5O2/c1-9-12(14(20)15-7-11-8-16-19-17-11)13(18-21-9)10-5-3-2-4-6-10/h2-6,8H,7H2,1H3,(H,15,20)(H,16,17,19). The highest BCUT2D eigenvalue weighted by molar-refractivity contribution is 6.00. The van der Waals surface area contributed by atoms with Crippen LogP contribution in [-0.2, 0) is 6.54 Å². The molecule has 0 bridgehead atoms. The van der Waals surface area contributed by atoms with Crippen molar-refractivity contribution in [2.75, 3.05) is 0 Å². The summed E-state index contributed by atoms with van der Waals surface area (Å²) in [5.41, 5.74) is 2.45. The van der Waals surface area contributed by atoms with Gasteiger partial charge in [-0.2, -0.15) is 15.4 Å². The normalized spacial score (nSPS) is 10.5. The van der Waals surface area contributed by atoms with Crippen LogP contribution in [-0.4, -0.2) is 26.5 Å². The SMILES string of the molecule is Cc1onc(-c2ccccc2)c1C(=O)NCc1cn[nH]n1. The highest BCUT2D eigenvalue weighted by Crippen LogP contribution is 2.24. The maximum absolute atomic E-state index is 12.3. The Morgan fingerprint density at radius 1 is 1.33 bits per heavy atom. The minimum absolute atomic E-state index is 0.254. The highest BCUT2D eigenvalue weighted by Gasteiger charge is 2.21. The number of H-pyrrole nitrogens is 1. The molecule has 1 aromatic carbocycles. The van der Waals surface area contributed by atoms with Crippen LogP contribution in [0, 0.1) is 6.92 Å². The Balaban J connectivity index is 1.84. The molecule has 0 aliphatic heterocycles. The van der Waals surface area contributed by atoms with Crippen molar-refractivity contribution in [3.05, 3.63) is 53.5 Å². The minimum Gasteiger partial charge on any atom is -0.360 e. The molecule has 0 aliphatic rings. The minimum atomic E-state index is -0.254. The van der Waals surface area contributed by atoms with E-state index >= 15 is 0 Å². The molecule has 3 rings (SSSR count). The van der Waals surface area contributed by atoms with Gasteiger partial charge in [0.2, 0.25) is 0 Å². The highest BCUT2D eigenvalue weighted by atomic mass is 16.5. The van der Waals surface area contributed by atoms with E-state index in [1.807, 2.05) is 30.3 Å². The number of rotatable bonds is 4. The number of amides is 1. The molecule has 0 fully saturated rings. The van der Waals surface area contributed by atoms with Gasteiger partial charge in [-0.3, -0.25) is 4.79 Å². The number of aryl methyl sites for hydroxylation is 1. The number of carbonyl (C=O) groups is 1. The summed E-state index contributed by atoms with van der Waals surface area (Å²) in [5.74, 6) is 0.224. The van der Waals surface area contributed by atoms with E-state index in [1.165, 1.54) is 0 Å². The lowest BCUT2D eigenvalue weighted by atomic mass is 10.1. The molecule has 7 heteroatoms. The molecule has 106 valence electrons. The molecule has 0 spiro atoms. The van der Waals surface area contributed by atoms with Gasteiger partial charge in [0.05, 0.1) is 12.7 Å². The van der Waals surface area contributed by atoms with Gasteiger partial charge in [-0.05, 0) is 6.92 Å². The molecule has 0 radical (unpaired) electrons. The first-order valence-corrected chi connectivity index (χ1v) is 6.40. The summed E-state index contributed by atoms with van der Waals surface area (Å²) in [4.78, 5) is 12.3. The smallest absolute Gasteiger partial charge is 0.257 e. The number of aromatic nitrogens is 4. The second-order valence-corrected chi connectivity index (χ2v) is 4.47. The van der Waals surface area contributed by atoms with Crippen LogP contribution < -0.4 is 5.32 Å². The van der Waals surface area contributed by atoms with Crippen LogP contribution in [0.3, 0.4) is 0 Å². The second-order valence-electron chi connectivity index (χ2n) is 4.47. The summed E-state index contributed by atoms with van der Waals surface area (Å²) in [6.07, 6.45) is 1.55. The Morgan fingerprint density at radius 2 is 2.14 bits per heavy atom. The van der Waals surface area contributed by atoms with Crippen LogP contribution in [0.2, 0.25) is 0 Å². The predicted molar refractivity (Wildman–Crippen MR) is 74.2 cm³/mol. The van der Waals surface area contributed by atoms with E-state index in [4.69, 9.17) is 4.52 Å². The van der Waals surface area contributed by atoms with E-state index in [2.05, 4.69) is 25.9 Å². The summed E-state index contributed by atoms with van der Waals surface area (Å²) >= 11 is 0. The molecule has 2 heterocycles. The molecular weight excluding hydrogens is 270 g/mol. The molecular formula is C14H13N5O2. The van der Waals surface area contributed by atoms with Crippen molar-refractivity contribution in [3.63, 3.8) is 0 Å². The van der Waals surface area contributed by atoms with Crippen LogP contribution in [0.15, 0.2) is 41.1 Å². The van der Waals surface area contributed by atoms with E-state index in [0.29, 0.717) is 22.7 Å². The van der Waals surface area contributed by atoms with Crippen molar-refractivity contribution in [3.8, 4) is 11.3 Å². The summed E-state index contributed by atoms with van der Waals surface area (Å²) in [6.45, 7) is 2.00. The molecule has 21 heavy (non-hydrogen) atoms. The number of hydrogen-bond acceptors (Lipinski definition) is 5. The Kier molecular flexibility index (Phi) is 3.46. The first-order valence-electron chi connectivity index (χ1n) is 6.40. The first-order chi connectivity index (χ1) is 10.3. The van der Waals surface area contributed by atoms with Crippen molar-refractivity contribution in [1.82, 2.24) is 25.9 Å². The number of nitrogens with zero attached hydrogens (tertiary/aromatic N) is 3. The fraction of sp³-hybridized carbons (Fsp3) is 0.143. The largest absolute Gasteiger partial charge is 0.360 e. The van der Waals surface area contributed by atoms with Crippen LogP contribution >= 0.6 is 0 Å². The van der Waals surface area contributed by atoms with Crippen LogP contribution in [0.1, 0.15) is 21.8 Å². The van der Waals surface area contributed by atoms with Crippen molar-refractivity contribution in [1.29, 1.82) is 0 Å². The molecule has 0 saturated heterocycles. The van der Waals surface area contributed by atoms with Crippen molar-refractivity contribution in [2.24, 2.45) is 0 Å². The van der Waals surface area contributed by atoms with Crippen molar-refractivity contribution < 1.29 is 9.32 Å². The van der Waals surface area contributed by atoms with E-state index in [9.17, 15) is 4.79 Å². The number of hydrogen-bond donors (Lipinski definition) is 2. The molecule has 0 unspecified atom stereocenters. The molecule has 2 aromatic heterocycles. The summed E-state index contributed by atoms with van der Waals surface area (Å²) in [5, 5.41) is 16.8. The number of nitrogens with one attached hydrogen (secondary N) is 2. The van der Waals surface area contributed by atoms with Gasteiger partial charge in [0.15, 0.2) is 0 Å². The summed E-state index contributed by atoms with van der Waals surface area (Å²) in [7, 11) is 0. The zero-order chi connectivity index (χ0) is 14.7. The number of benzene rings is 1. The van der Waals surface area contributed by atoms with E-state index in [-0.39, 0.29) is 12.5 Å². The van der Waals surface area contributed by atoms with Crippen LogP contribution in [0.4, 0.5) is 0 Å². The maximum Gasteiger partial charge on any atom is 0.257 e. The van der Waals surface area contributed by atoms with E-state index in [1.54, 1.807) is 13.1 Å². The van der Waals surface area contributed by atoms with E-state index < -0.39 is 0 Å². The zero-order valence-corrected chi connectivity index (χ0v) is 11.3. The average molecular weight is 283 g/mol. The van der Waals surface area contributed by atoms with Gasteiger partial charge >= 0.3 is 0 Å². The van der Waals surface area contributed by atoms with Gasteiger partial charge in [0.25, 0.3) is 5.91 Å². The molecule has 0 atom stereocenters. The van der Waals surface area contributed by atoms with Gasteiger partial charge in [0.1, 0.15) is 22.7 Å². The van der Waals surface area contributed by atoms with E-state index in [0.717, 1.165) is 5.56 Å². The van der Waals surface area contributed by atoms with Crippen LogP contribution in [0.5, 0.6) is 0 Å². The molecule has 0 saturated carbocycles. The zero-order valence-electron chi connectivity index (χ0n) is 11.3. The Hall–Kier alpha value is -2.96. The lowest BCUT2D eigenvalue weighted by Gasteiger charge is -2.04. The lowest BCUT2D eigenvalue weighted by Crippen LogP contribution is -2.23. The Bertz CT molecular complexity index is 734. The second kappa shape index (κ2) is 5.58. The number of carbonyl (C=O) groups excluding carboxylic acids is 1. The average Bonchev–Trinajstić information content (AvgIpc) is 3.15. The van der Waals surface area contributed by atoms with Gasteiger partial charge in [-0.25, -0.2) is 0 Å². The quantitative estimate of drug-likeness (QED) is 0.759. The summed E-state index contributed by atoms with van der Waals surface area (Å²) < 4.78 is 5.16. The number of aromatic amines is 1. The Morgan fingerprint density at radius 3 is 2.86 bits per heavy atom. The fourth-order valence-electron chi connectivity index (χ4n) is 2.00. The maximum atomic E-state index is 12.3. The van der Waals surface area contributed by atoms with Gasteiger partial charge in [-0.1, -0.05) is 35.5 Å². The molecule has 3 aromatic rings. The fourth-order valence-corrected chi connectivity index (χ4v) is 2.00. The third-order valence-electron chi connectivity index (χ3n) is 3.03. The molecule has 0 aliphatic carbocycles. The molecule has 2 N–H and O–H groups in total. The monoisotopic (exact) mass is 283 g/mol. The van der Waals surface area contributed by atoms with Gasteiger partial charge in [-0.15, -0.1) is 0 Å². The third kappa shape index (κ3) is 2.66. The predicted octanol–water partition coefficient (Wildman–Crippen LogP) is 1.70. The lowest BCUT2D eigenvalue weighted by molar-refractivity contribution is 0.0949. The Labute approximate surface area is 120 Å². The van der Waals surface area contributed by atoms with Crippen molar-refractivity contribution in [2.45, 2.75) is 13.5 Å². The van der Waals surface area contributed by atoms with Gasteiger partial charge in [0, 0.05) is 5.56 Å². The molecule has 7 nitrogen and oxygen atoms in total. The van der Waals surface area contributed by atoms with Crippen molar-refractivity contribution >= 4 is 5.91 Å². The third-order valence-corrected chi connectivity index (χ3v) is 3.03. The first kappa shape index (κ1) is 13.0. The van der Waals surface area contributed by atoms with Gasteiger partial charge < -0.3 is 9.84 Å². The van der Waals surface area contributed by atoms with Crippen LogP contribution in [0.25, 0.3) is 11.3 Å². The topological polar surface area (TPSA) is 96.7 Å². The summed E-state index contributed by atoms with van der Waals surface area (Å²) in [6, 6.07) is 9.44.